The zero-order chi connectivity index (χ0) is 13.8. The molecule has 19 heavy (non-hydrogen) atoms. The van der Waals surface area contributed by atoms with E-state index in [1.165, 1.54) is 12.1 Å². The molecule has 1 aromatic rings. The number of benzene rings is 1. The van der Waals surface area contributed by atoms with Gasteiger partial charge in [-0.1, -0.05) is 32.4 Å². The molecule has 3 nitrogen and oxygen atoms in total. The summed E-state index contributed by atoms with van der Waals surface area (Å²) in [6, 6.07) is 6.26. The Hall–Kier alpha value is -1.42. The number of unbranched alkanes of at least 4 members (excludes halogenated alkanes) is 1. The molecule has 0 bridgehead atoms. The second-order valence-electron chi connectivity index (χ2n) is 4.97. The lowest BCUT2D eigenvalue weighted by atomic mass is 10.1. The molecule has 1 N–H and O–H groups in total. The highest BCUT2D eigenvalue weighted by Crippen LogP contribution is 2.26. The average Bonchev–Trinajstić information content (AvgIpc) is 2.74. The Bertz CT molecular complexity index is 432. The minimum atomic E-state index is -0.250. The van der Waals surface area contributed by atoms with Crippen LogP contribution in [0.15, 0.2) is 24.3 Å². The van der Waals surface area contributed by atoms with Crippen LogP contribution in [0.5, 0.6) is 0 Å². The average molecular weight is 264 g/mol. The van der Waals surface area contributed by atoms with Gasteiger partial charge in [0.15, 0.2) is 0 Å². The first kappa shape index (κ1) is 14.0. The van der Waals surface area contributed by atoms with Gasteiger partial charge in [0.25, 0.3) is 0 Å². The molecule has 0 radical (unpaired) electrons. The summed E-state index contributed by atoms with van der Waals surface area (Å²) in [5.74, 6) is -0.0921. The lowest BCUT2D eigenvalue weighted by molar-refractivity contribution is -0.130. The molecule has 0 aromatic heterocycles. The summed E-state index contributed by atoms with van der Waals surface area (Å²) in [6.45, 7) is 4.86. The van der Waals surface area contributed by atoms with Gasteiger partial charge in [-0.15, -0.1) is 0 Å². The molecule has 1 saturated heterocycles. The maximum absolute atomic E-state index is 13.0. The molecule has 1 aromatic carbocycles. The van der Waals surface area contributed by atoms with Crippen LogP contribution in [-0.4, -0.2) is 23.4 Å². The number of carbonyl (C=O) groups is 1. The predicted molar refractivity (Wildman–Crippen MR) is 73.0 cm³/mol. The molecule has 0 spiro atoms. The van der Waals surface area contributed by atoms with E-state index in [4.69, 9.17) is 0 Å². The number of nitrogens with one attached hydrogen (secondary N) is 1. The molecule has 1 aliphatic heterocycles. The third-order valence-corrected chi connectivity index (χ3v) is 3.60. The maximum atomic E-state index is 13.0. The third-order valence-electron chi connectivity index (χ3n) is 3.60. The number of halogens is 1. The van der Waals surface area contributed by atoms with Crippen molar-refractivity contribution in [2.75, 3.05) is 6.54 Å². The molecule has 1 heterocycles. The van der Waals surface area contributed by atoms with E-state index in [1.807, 2.05) is 11.8 Å². The topological polar surface area (TPSA) is 32.3 Å². The van der Waals surface area contributed by atoms with Crippen molar-refractivity contribution in [2.45, 2.75) is 45.3 Å². The lowest BCUT2D eigenvalue weighted by Gasteiger charge is -2.24. The Morgan fingerprint density at radius 3 is 2.53 bits per heavy atom. The van der Waals surface area contributed by atoms with Gasteiger partial charge in [-0.25, -0.2) is 4.39 Å². The Morgan fingerprint density at radius 2 is 1.95 bits per heavy atom. The van der Waals surface area contributed by atoms with Crippen molar-refractivity contribution in [1.29, 1.82) is 0 Å². The first-order valence-corrected chi connectivity index (χ1v) is 6.99. The van der Waals surface area contributed by atoms with Crippen LogP contribution >= 0.6 is 0 Å². The van der Waals surface area contributed by atoms with Gasteiger partial charge in [-0.3, -0.25) is 10.1 Å². The van der Waals surface area contributed by atoms with Gasteiger partial charge in [0.2, 0.25) is 5.91 Å². The number of carbonyl (C=O) groups excluding carboxylic acids is 1. The fourth-order valence-corrected chi connectivity index (χ4v) is 2.46. The molecule has 2 unspecified atom stereocenters. The number of rotatable bonds is 5. The van der Waals surface area contributed by atoms with Crippen LogP contribution in [0, 0.1) is 5.82 Å². The van der Waals surface area contributed by atoms with Crippen LogP contribution in [-0.2, 0) is 4.79 Å². The summed E-state index contributed by atoms with van der Waals surface area (Å²) in [5, 5.41) is 3.34. The molecule has 0 saturated carbocycles. The van der Waals surface area contributed by atoms with Gasteiger partial charge in [0.05, 0.1) is 6.04 Å². The molecule has 4 heteroatoms. The Labute approximate surface area is 113 Å². The van der Waals surface area contributed by atoms with Crippen LogP contribution < -0.4 is 5.32 Å². The molecular formula is C15H21FN2O. The molecule has 1 fully saturated rings. The lowest BCUT2D eigenvalue weighted by Crippen LogP contribution is -2.31. The molecule has 1 aliphatic rings. The predicted octanol–water partition coefficient (Wildman–Crippen LogP) is 2.83. The quantitative estimate of drug-likeness (QED) is 0.887. The van der Waals surface area contributed by atoms with Crippen LogP contribution in [0.2, 0.25) is 0 Å². The van der Waals surface area contributed by atoms with Crippen LogP contribution in [0.4, 0.5) is 4.39 Å². The zero-order valence-corrected chi connectivity index (χ0v) is 11.5. The number of amides is 1. The van der Waals surface area contributed by atoms with Gasteiger partial charge in [0, 0.05) is 6.54 Å². The molecule has 2 atom stereocenters. The number of hydrogen-bond donors (Lipinski definition) is 1. The smallest absolute Gasteiger partial charge is 0.241 e. The van der Waals surface area contributed by atoms with Crippen molar-refractivity contribution in [3.63, 3.8) is 0 Å². The SMILES string of the molecule is CCCCN1C(=O)C(CC)NC1c1ccc(F)cc1. The summed E-state index contributed by atoms with van der Waals surface area (Å²) in [7, 11) is 0. The van der Waals surface area contributed by atoms with E-state index in [0.717, 1.165) is 31.4 Å². The van der Waals surface area contributed by atoms with E-state index < -0.39 is 0 Å². The summed E-state index contributed by atoms with van der Waals surface area (Å²) in [6.07, 6.45) is 2.70. The molecule has 104 valence electrons. The van der Waals surface area contributed by atoms with Crippen molar-refractivity contribution in [3.05, 3.63) is 35.6 Å². The van der Waals surface area contributed by atoms with Gasteiger partial charge < -0.3 is 4.90 Å². The van der Waals surface area contributed by atoms with Crippen molar-refractivity contribution in [1.82, 2.24) is 10.2 Å². The highest BCUT2D eigenvalue weighted by molar-refractivity contribution is 5.84. The first-order valence-electron chi connectivity index (χ1n) is 6.99. The Morgan fingerprint density at radius 1 is 1.26 bits per heavy atom. The number of hydrogen-bond acceptors (Lipinski definition) is 2. The number of nitrogens with zero attached hydrogens (tertiary/aromatic N) is 1. The second-order valence-corrected chi connectivity index (χ2v) is 4.97. The van der Waals surface area contributed by atoms with Crippen molar-refractivity contribution in [2.24, 2.45) is 0 Å². The minimum absolute atomic E-state index is 0.119. The van der Waals surface area contributed by atoms with Crippen molar-refractivity contribution in [3.8, 4) is 0 Å². The van der Waals surface area contributed by atoms with E-state index in [1.54, 1.807) is 12.1 Å². The Kier molecular flexibility index (Phi) is 4.53. The van der Waals surface area contributed by atoms with E-state index in [2.05, 4.69) is 12.2 Å². The van der Waals surface area contributed by atoms with Gasteiger partial charge in [-0.05, 0) is 30.5 Å². The van der Waals surface area contributed by atoms with Gasteiger partial charge in [-0.2, -0.15) is 0 Å². The van der Waals surface area contributed by atoms with Crippen LogP contribution in [0.3, 0.4) is 0 Å². The van der Waals surface area contributed by atoms with Gasteiger partial charge in [0.1, 0.15) is 12.0 Å². The van der Waals surface area contributed by atoms with Gasteiger partial charge >= 0.3 is 0 Å². The minimum Gasteiger partial charge on any atom is -0.322 e. The molecule has 0 aliphatic carbocycles. The highest BCUT2D eigenvalue weighted by Gasteiger charge is 2.37. The second kappa shape index (κ2) is 6.15. The maximum Gasteiger partial charge on any atom is 0.241 e. The Balaban J connectivity index is 2.20. The molecule has 1 amide bonds. The summed E-state index contributed by atoms with van der Waals surface area (Å²) >= 11 is 0. The highest BCUT2D eigenvalue weighted by atomic mass is 19.1. The van der Waals surface area contributed by atoms with Crippen LogP contribution in [0.1, 0.15) is 44.8 Å². The molecular weight excluding hydrogens is 243 g/mol. The summed E-state index contributed by atoms with van der Waals surface area (Å²) in [5.41, 5.74) is 0.946. The summed E-state index contributed by atoms with van der Waals surface area (Å²) < 4.78 is 13.0. The van der Waals surface area contributed by atoms with Crippen LogP contribution in [0.25, 0.3) is 0 Å². The van der Waals surface area contributed by atoms with Crippen molar-refractivity contribution >= 4 is 5.91 Å². The normalized spacial score (nSPS) is 23.1. The van der Waals surface area contributed by atoms with E-state index in [9.17, 15) is 9.18 Å². The summed E-state index contributed by atoms with van der Waals surface area (Å²) in [4.78, 5) is 14.2. The largest absolute Gasteiger partial charge is 0.322 e. The molecule has 2 rings (SSSR count). The third kappa shape index (κ3) is 2.95. The monoisotopic (exact) mass is 264 g/mol. The van der Waals surface area contributed by atoms with E-state index in [0.29, 0.717) is 0 Å². The first-order chi connectivity index (χ1) is 9.17. The van der Waals surface area contributed by atoms with E-state index >= 15 is 0 Å². The van der Waals surface area contributed by atoms with Crippen molar-refractivity contribution < 1.29 is 9.18 Å². The zero-order valence-electron chi connectivity index (χ0n) is 11.5. The van der Waals surface area contributed by atoms with E-state index in [-0.39, 0.29) is 23.9 Å². The fourth-order valence-electron chi connectivity index (χ4n) is 2.46. The fraction of sp³-hybridized carbons (Fsp3) is 0.533. The standard InChI is InChI=1S/C15H21FN2O/c1-3-5-10-18-14(17-13(4-2)15(18)19)11-6-8-12(16)9-7-11/h6-9,13-14,17H,3-5,10H2,1-2H3.